The van der Waals surface area contributed by atoms with Crippen LogP contribution in [0.15, 0.2) is 24.3 Å². The topological polar surface area (TPSA) is 46.2 Å². The number of hydrogen-bond donors (Lipinski definition) is 2. The summed E-state index contributed by atoms with van der Waals surface area (Å²) in [5.74, 6) is 0. The Kier molecular flexibility index (Phi) is 4.01. The van der Waals surface area contributed by atoms with Crippen molar-refractivity contribution in [3.05, 3.63) is 35.4 Å². The average molecular weight is 275 g/mol. The molecule has 1 aliphatic rings. The van der Waals surface area contributed by atoms with E-state index >= 15 is 0 Å². The predicted octanol–water partition coefficient (Wildman–Crippen LogP) is 3.75. The minimum Gasteiger partial charge on any atom is -0.385 e. The Morgan fingerprint density at radius 1 is 1.10 bits per heavy atom. The zero-order valence-electron chi connectivity index (χ0n) is 13.4. The molecule has 1 aromatic carbocycles. The summed E-state index contributed by atoms with van der Waals surface area (Å²) >= 11 is 0. The van der Waals surface area contributed by atoms with Gasteiger partial charge in [0.1, 0.15) is 0 Å². The minimum atomic E-state index is -0.855. The maximum atomic E-state index is 11.2. The van der Waals surface area contributed by atoms with E-state index in [2.05, 4.69) is 32.9 Å². The highest BCUT2D eigenvalue weighted by Crippen LogP contribution is 2.53. The first-order valence-corrected chi connectivity index (χ1v) is 7.72. The summed E-state index contributed by atoms with van der Waals surface area (Å²) in [6.07, 6.45) is 4.26. The molecule has 0 saturated heterocycles. The predicted molar refractivity (Wildman–Crippen MR) is 84.5 cm³/mol. The van der Waals surface area contributed by atoms with Gasteiger partial charge in [-0.05, 0) is 50.5 Å². The van der Waals surface area contributed by atoms with Crippen LogP contribution in [-0.4, -0.2) is 11.7 Å². The normalized spacial score (nSPS) is 24.1. The number of benzene rings is 1. The van der Waals surface area contributed by atoms with E-state index in [-0.39, 0.29) is 5.41 Å². The van der Waals surface area contributed by atoms with Crippen LogP contribution >= 0.6 is 0 Å². The molecule has 0 heterocycles. The fraction of sp³-hybridized carbons (Fsp3) is 0.667. The van der Waals surface area contributed by atoms with Crippen LogP contribution in [0.4, 0.5) is 0 Å². The molecule has 1 unspecified atom stereocenters. The zero-order valence-corrected chi connectivity index (χ0v) is 13.4. The van der Waals surface area contributed by atoms with E-state index in [1.807, 2.05) is 19.1 Å². The van der Waals surface area contributed by atoms with Gasteiger partial charge in [-0.15, -0.1) is 0 Å². The smallest absolute Gasteiger partial charge is 0.0936 e. The van der Waals surface area contributed by atoms with Gasteiger partial charge in [0.15, 0.2) is 0 Å². The van der Waals surface area contributed by atoms with Crippen molar-refractivity contribution in [2.75, 3.05) is 6.54 Å². The highest BCUT2D eigenvalue weighted by molar-refractivity contribution is 5.28. The molecule has 0 radical (unpaired) electrons. The van der Waals surface area contributed by atoms with Crippen molar-refractivity contribution in [2.45, 2.75) is 59.0 Å². The molecular formula is C18H29NO. The quantitative estimate of drug-likeness (QED) is 0.882. The molecule has 2 nitrogen and oxygen atoms in total. The van der Waals surface area contributed by atoms with E-state index in [9.17, 15) is 5.11 Å². The van der Waals surface area contributed by atoms with Gasteiger partial charge in [0.25, 0.3) is 0 Å². The summed E-state index contributed by atoms with van der Waals surface area (Å²) in [5, 5.41) is 11.2. The van der Waals surface area contributed by atoms with E-state index < -0.39 is 5.60 Å². The lowest BCUT2D eigenvalue weighted by atomic mass is 9.57. The van der Waals surface area contributed by atoms with Crippen LogP contribution in [0.25, 0.3) is 0 Å². The summed E-state index contributed by atoms with van der Waals surface area (Å²) in [4.78, 5) is 0. The minimum absolute atomic E-state index is 0.197. The molecule has 2 rings (SSSR count). The van der Waals surface area contributed by atoms with Crippen LogP contribution in [-0.2, 0) is 5.60 Å². The highest BCUT2D eigenvalue weighted by Gasteiger charge is 2.50. The third kappa shape index (κ3) is 2.64. The van der Waals surface area contributed by atoms with Gasteiger partial charge in [-0.1, -0.05) is 43.7 Å². The number of hydrogen-bond acceptors (Lipinski definition) is 2. The van der Waals surface area contributed by atoms with E-state index in [1.54, 1.807) is 0 Å². The molecule has 0 aromatic heterocycles. The number of aliphatic hydroxyl groups is 1. The van der Waals surface area contributed by atoms with Gasteiger partial charge >= 0.3 is 0 Å². The molecule has 1 saturated carbocycles. The van der Waals surface area contributed by atoms with Crippen molar-refractivity contribution in [3.8, 4) is 0 Å². The van der Waals surface area contributed by atoms with Gasteiger partial charge < -0.3 is 10.8 Å². The third-order valence-electron chi connectivity index (χ3n) is 5.60. The Labute approximate surface area is 123 Å². The van der Waals surface area contributed by atoms with Crippen molar-refractivity contribution in [1.29, 1.82) is 0 Å². The first-order valence-electron chi connectivity index (χ1n) is 7.72. The summed E-state index contributed by atoms with van der Waals surface area (Å²) < 4.78 is 0. The number of nitrogens with two attached hydrogens (primary N) is 1. The van der Waals surface area contributed by atoms with Crippen molar-refractivity contribution in [2.24, 2.45) is 16.6 Å². The largest absolute Gasteiger partial charge is 0.385 e. The molecule has 0 bridgehead atoms. The molecular weight excluding hydrogens is 246 g/mol. The number of rotatable bonds is 3. The van der Waals surface area contributed by atoms with Crippen molar-refractivity contribution < 1.29 is 5.11 Å². The third-order valence-corrected chi connectivity index (χ3v) is 5.60. The van der Waals surface area contributed by atoms with Gasteiger partial charge in [0.2, 0.25) is 0 Å². The van der Waals surface area contributed by atoms with Crippen LogP contribution < -0.4 is 5.73 Å². The van der Waals surface area contributed by atoms with Crippen molar-refractivity contribution >= 4 is 0 Å². The molecule has 1 fully saturated rings. The Morgan fingerprint density at radius 3 is 2.05 bits per heavy atom. The van der Waals surface area contributed by atoms with Crippen LogP contribution in [0, 0.1) is 17.8 Å². The lowest BCUT2D eigenvalue weighted by Crippen LogP contribution is -2.51. The average Bonchev–Trinajstić information content (AvgIpc) is 2.39. The van der Waals surface area contributed by atoms with Gasteiger partial charge in [0.05, 0.1) is 5.60 Å². The van der Waals surface area contributed by atoms with Gasteiger partial charge in [-0.25, -0.2) is 0 Å². The van der Waals surface area contributed by atoms with Crippen LogP contribution in [0.5, 0.6) is 0 Å². The lowest BCUT2D eigenvalue weighted by Gasteiger charge is -2.51. The second-order valence-corrected chi connectivity index (χ2v) is 7.59. The summed E-state index contributed by atoms with van der Waals surface area (Å²) in [6, 6.07) is 8.24. The molecule has 1 atom stereocenters. The Hall–Kier alpha value is -0.860. The van der Waals surface area contributed by atoms with Gasteiger partial charge in [-0.2, -0.15) is 0 Å². The zero-order chi connectivity index (χ0) is 15.0. The molecule has 1 aromatic rings. The van der Waals surface area contributed by atoms with Crippen LogP contribution in [0.1, 0.15) is 57.6 Å². The summed E-state index contributed by atoms with van der Waals surface area (Å²) in [6.45, 7) is 9.19. The molecule has 112 valence electrons. The molecule has 1 aliphatic carbocycles. The Morgan fingerprint density at radius 2 is 1.60 bits per heavy atom. The van der Waals surface area contributed by atoms with E-state index in [1.165, 1.54) is 5.56 Å². The molecule has 20 heavy (non-hydrogen) atoms. The lowest BCUT2D eigenvalue weighted by molar-refractivity contribution is -0.105. The molecule has 3 N–H and O–H groups in total. The Bertz CT molecular complexity index is 449. The number of aryl methyl sites for hydroxylation is 1. The molecule has 2 heteroatoms. The maximum absolute atomic E-state index is 11.2. The first kappa shape index (κ1) is 15.5. The Balaban J connectivity index is 2.32. The molecule has 0 amide bonds. The fourth-order valence-electron chi connectivity index (χ4n) is 3.48. The van der Waals surface area contributed by atoms with Crippen LogP contribution in [0.2, 0.25) is 0 Å². The van der Waals surface area contributed by atoms with E-state index in [4.69, 9.17) is 5.73 Å². The van der Waals surface area contributed by atoms with Crippen LogP contribution in [0.3, 0.4) is 0 Å². The molecule has 0 spiro atoms. The molecule has 0 aliphatic heterocycles. The standard InChI is InChI=1S/C18H29NO/c1-14-5-7-15(8-6-14)17(4,20)18(13-19)11-9-16(2,3)10-12-18/h5-8,20H,9-13,19H2,1-4H3. The monoisotopic (exact) mass is 275 g/mol. The SMILES string of the molecule is Cc1ccc(C(C)(O)C2(CN)CCC(C)(C)CC2)cc1. The summed E-state index contributed by atoms with van der Waals surface area (Å²) in [5.41, 5.74) is 7.66. The van der Waals surface area contributed by atoms with Gasteiger partial charge in [0, 0.05) is 12.0 Å². The van der Waals surface area contributed by atoms with Crippen molar-refractivity contribution in [1.82, 2.24) is 0 Å². The first-order chi connectivity index (χ1) is 9.22. The summed E-state index contributed by atoms with van der Waals surface area (Å²) in [7, 11) is 0. The van der Waals surface area contributed by atoms with Gasteiger partial charge in [-0.3, -0.25) is 0 Å². The van der Waals surface area contributed by atoms with E-state index in [0.29, 0.717) is 12.0 Å². The maximum Gasteiger partial charge on any atom is 0.0936 e. The second kappa shape index (κ2) is 5.16. The second-order valence-electron chi connectivity index (χ2n) is 7.59. The van der Waals surface area contributed by atoms with Crippen molar-refractivity contribution in [3.63, 3.8) is 0 Å². The van der Waals surface area contributed by atoms with E-state index in [0.717, 1.165) is 31.2 Å². The fourth-order valence-corrected chi connectivity index (χ4v) is 3.48. The highest BCUT2D eigenvalue weighted by atomic mass is 16.3.